The van der Waals surface area contributed by atoms with Crippen LogP contribution in [0.25, 0.3) is 0 Å². The molecule has 1 aliphatic heterocycles. The third-order valence-corrected chi connectivity index (χ3v) is 0.204. The monoisotopic (exact) mass is 108 g/mol. The Morgan fingerprint density at radius 2 is 1.50 bits per heavy atom. The third-order valence-electron chi connectivity index (χ3n) is 0.204. The van der Waals surface area contributed by atoms with Gasteiger partial charge in [-0.2, -0.15) is 8.42 Å². The van der Waals surface area contributed by atoms with Gasteiger partial charge in [-0.05, 0) is 0 Å². The van der Waals surface area contributed by atoms with Crippen LogP contribution in [-0.2, 0) is 16.3 Å². The van der Waals surface area contributed by atoms with Gasteiger partial charge in [-0.15, -0.1) is 0 Å². The molecule has 0 aromatic rings. The first-order chi connectivity index (χ1) is 2.91. The summed E-state index contributed by atoms with van der Waals surface area (Å²) in [6, 6.07) is 0. The Balaban J connectivity index is 0.0000000833. The van der Waals surface area contributed by atoms with Gasteiger partial charge in [0, 0.05) is 0 Å². The maximum atomic E-state index is 8.29. The lowest BCUT2D eigenvalue weighted by molar-refractivity contribution is 0.475. The van der Waals surface area contributed by atoms with Crippen molar-refractivity contribution in [3.8, 4) is 0 Å². The van der Waals surface area contributed by atoms with Crippen molar-refractivity contribution in [1.29, 1.82) is 0 Å². The van der Waals surface area contributed by atoms with E-state index >= 15 is 0 Å². The van der Waals surface area contributed by atoms with Crippen LogP contribution in [-0.4, -0.2) is 21.6 Å². The van der Waals surface area contributed by atoms with Crippen molar-refractivity contribution in [3.05, 3.63) is 0 Å². The summed E-state index contributed by atoms with van der Waals surface area (Å²) in [7, 11) is 0. The molecule has 0 aliphatic carbocycles. The molecule has 0 spiro atoms. The fourth-order valence-electron chi connectivity index (χ4n) is 0. The van der Waals surface area contributed by atoms with Gasteiger partial charge in [-0.3, -0.25) is 0 Å². The Hall–Kier alpha value is -0.220. The molecule has 1 rings (SSSR count). The highest BCUT2D eigenvalue weighted by Crippen LogP contribution is 1.84. The van der Waals surface area contributed by atoms with E-state index in [4.69, 9.17) is 8.42 Å². The number of rotatable bonds is 0. The molecule has 36 valence electrons. The Morgan fingerprint density at radius 1 is 1.33 bits per heavy atom. The molecular weight excluding hydrogens is 104 g/mol. The average Bonchev–Trinajstić information content (AvgIpc) is 2.11. The van der Waals surface area contributed by atoms with E-state index in [9.17, 15) is 0 Å². The zero-order valence-corrected chi connectivity index (χ0v) is 3.86. The summed E-state index contributed by atoms with van der Waals surface area (Å²) in [6.07, 6.45) is 0. The number of epoxide rings is 1. The molecule has 0 amide bonds. The lowest BCUT2D eigenvalue weighted by atomic mass is 11.0. The van der Waals surface area contributed by atoms with Crippen molar-refractivity contribution >= 4 is 11.6 Å². The maximum Gasteiger partial charge on any atom is 0.335 e. The molecule has 0 unspecified atom stereocenters. The van der Waals surface area contributed by atoms with Crippen molar-refractivity contribution in [2.45, 2.75) is 0 Å². The van der Waals surface area contributed by atoms with Crippen molar-refractivity contribution in [1.82, 2.24) is 0 Å². The first kappa shape index (κ1) is 5.78. The summed E-state index contributed by atoms with van der Waals surface area (Å²) in [5.41, 5.74) is 0. The Labute approximate surface area is 38.9 Å². The van der Waals surface area contributed by atoms with E-state index in [1.807, 2.05) is 0 Å². The fourth-order valence-corrected chi connectivity index (χ4v) is 0. The summed E-state index contributed by atoms with van der Waals surface area (Å²) >= 11 is -0.750. The van der Waals surface area contributed by atoms with Crippen LogP contribution in [0.1, 0.15) is 0 Å². The molecule has 3 nitrogen and oxygen atoms in total. The average molecular weight is 108 g/mol. The molecule has 0 N–H and O–H groups in total. The van der Waals surface area contributed by atoms with Crippen LogP contribution in [0.4, 0.5) is 0 Å². The topological polar surface area (TPSA) is 46.7 Å². The molecule has 1 aliphatic rings. The minimum Gasteiger partial charge on any atom is -0.377 e. The van der Waals surface area contributed by atoms with Gasteiger partial charge >= 0.3 is 11.6 Å². The highest BCUT2D eigenvalue weighted by Gasteiger charge is 1.94. The van der Waals surface area contributed by atoms with Crippen LogP contribution in [0.3, 0.4) is 0 Å². The molecule has 0 saturated carbocycles. The lowest BCUT2D eigenvalue weighted by Gasteiger charge is -1.24. The Morgan fingerprint density at radius 3 is 1.50 bits per heavy atom. The van der Waals surface area contributed by atoms with Crippen molar-refractivity contribution in [2.75, 3.05) is 13.2 Å². The van der Waals surface area contributed by atoms with Crippen LogP contribution >= 0.6 is 0 Å². The molecule has 0 radical (unpaired) electrons. The first-order valence-corrected chi connectivity index (χ1v) is 2.08. The van der Waals surface area contributed by atoms with E-state index < -0.39 is 11.6 Å². The lowest BCUT2D eigenvalue weighted by Crippen LogP contribution is -1.20. The van der Waals surface area contributed by atoms with E-state index in [-0.39, 0.29) is 0 Å². The molecule has 6 heavy (non-hydrogen) atoms. The van der Waals surface area contributed by atoms with E-state index in [0.717, 1.165) is 13.2 Å². The molecule has 0 aromatic carbocycles. The van der Waals surface area contributed by atoms with Gasteiger partial charge in [-0.25, -0.2) is 0 Å². The summed E-state index contributed by atoms with van der Waals surface area (Å²) in [5, 5.41) is 0. The van der Waals surface area contributed by atoms with Gasteiger partial charge in [0.1, 0.15) is 0 Å². The molecule has 1 saturated heterocycles. The summed E-state index contributed by atoms with van der Waals surface area (Å²) in [4.78, 5) is 0. The van der Waals surface area contributed by atoms with Crippen molar-refractivity contribution in [2.24, 2.45) is 0 Å². The highest BCUT2D eigenvalue weighted by molar-refractivity contribution is 7.51. The van der Waals surface area contributed by atoms with Gasteiger partial charge in [-0.1, -0.05) is 0 Å². The molecule has 4 heteroatoms. The molecule has 1 heterocycles. The second-order valence-corrected chi connectivity index (χ2v) is 0.816. The van der Waals surface area contributed by atoms with Crippen molar-refractivity contribution in [3.63, 3.8) is 0 Å². The number of ether oxygens (including phenoxy) is 1. The predicted octanol–water partition coefficient (Wildman–Crippen LogP) is -0.654. The second kappa shape index (κ2) is 4.78. The van der Waals surface area contributed by atoms with Gasteiger partial charge in [0.05, 0.1) is 13.2 Å². The quantitative estimate of drug-likeness (QED) is 0.387. The van der Waals surface area contributed by atoms with E-state index in [0.29, 0.717) is 0 Å². The smallest absolute Gasteiger partial charge is 0.335 e. The SMILES string of the molecule is C1CO1.O=S=O. The van der Waals surface area contributed by atoms with Crippen molar-refractivity contribution < 1.29 is 13.2 Å². The minimum absolute atomic E-state index is 0.750. The van der Waals surface area contributed by atoms with Gasteiger partial charge in [0.25, 0.3) is 0 Å². The minimum atomic E-state index is -0.750. The largest absolute Gasteiger partial charge is 0.377 e. The molecule has 0 atom stereocenters. The van der Waals surface area contributed by atoms with Crippen LogP contribution in [0, 0.1) is 0 Å². The van der Waals surface area contributed by atoms with E-state index in [1.54, 1.807) is 0 Å². The summed E-state index contributed by atoms with van der Waals surface area (Å²) in [5.74, 6) is 0. The highest BCUT2D eigenvalue weighted by atomic mass is 32.1. The second-order valence-electron chi connectivity index (χ2n) is 0.680. The predicted molar refractivity (Wildman–Crippen MR) is 19.7 cm³/mol. The summed E-state index contributed by atoms with van der Waals surface area (Å²) < 4.78 is 21.1. The van der Waals surface area contributed by atoms with E-state index in [2.05, 4.69) is 4.74 Å². The number of hydrogen-bond donors (Lipinski definition) is 0. The van der Waals surface area contributed by atoms with Gasteiger partial charge in [0.2, 0.25) is 0 Å². The molecule has 0 aromatic heterocycles. The molecule has 0 bridgehead atoms. The third kappa shape index (κ3) is 48.0. The zero-order valence-electron chi connectivity index (χ0n) is 3.05. The molecular formula is C2H4O3S. The normalized spacial score (nSPS) is 14.0. The Bertz CT molecular complexity index is 51.1. The Kier molecular flexibility index (Phi) is 4.60. The summed E-state index contributed by atoms with van der Waals surface area (Å²) in [6.45, 7) is 2.00. The van der Waals surface area contributed by atoms with Gasteiger partial charge < -0.3 is 4.74 Å². The van der Waals surface area contributed by atoms with Crippen LogP contribution in [0.2, 0.25) is 0 Å². The van der Waals surface area contributed by atoms with E-state index in [1.165, 1.54) is 0 Å². The first-order valence-electron chi connectivity index (χ1n) is 1.41. The molecule has 1 fully saturated rings. The maximum absolute atomic E-state index is 8.29. The van der Waals surface area contributed by atoms with Crippen LogP contribution < -0.4 is 0 Å². The standard InChI is InChI=1S/C2H4O.O2S/c1-2-3-1;1-3-2/h1-2H2;. The number of hydrogen-bond acceptors (Lipinski definition) is 3. The van der Waals surface area contributed by atoms with Crippen LogP contribution in [0.5, 0.6) is 0 Å². The van der Waals surface area contributed by atoms with Gasteiger partial charge in [0.15, 0.2) is 0 Å². The van der Waals surface area contributed by atoms with Crippen LogP contribution in [0.15, 0.2) is 0 Å². The fraction of sp³-hybridized carbons (Fsp3) is 1.00. The zero-order chi connectivity index (χ0) is 4.83.